The van der Waals surface area contributed by atoms with Gasteiger partial charge in [0, 0.05) is 70.4 Å². The number of nitrogens with zero attached hydrogens (tertiary/aromatic N) is 6. The maximum absolute atomic E-state index is 13.0. The number of hydrogen-bond donors (Lipinski definition) is 0. The van der Waals surface area contributed by atoms with Crippen molar-refractivity contribution in [1.82, 2.24) is 19.8 Å². The van der Waals surface area contributed by atoms with Gasteiger partial charge in [-0.1, -0.05) is 18.2 Å². The lowest BCUT2D eigenvalue weighted by atomic mass is 10.1. The molecule has 0 radical (unpaired) electrons. The van der Waals surface area contributed by atoms with Crippen molar-refractivity contribution in [2.75, 3.05) is 62.2 Å². The minimum atomic E-state index is -0.0814. The smallest absolute Gasteiger partial charge is 0.239 e. The maximum Gasteiger partial charge on any atom is 0.239 e. The van der Waals surface area contributed by atoms with Crippen molar-refractivity contribution in [3.63, 3.8) is 0 Å². The van der Waals surface area contributed by atoms with Gasteiger partial charge in [0.15, 0.2) is 0 Å². The van der Waals surface area contributed by atoms with E-state index < -0.39 is 0 Å². The Hall–Kier alpha value is -2.67. The van der Waals surface area contributed by atoms with E-state index in [1.807, 2.05) is 24.0 Å². The van der Waals surface area contributed by atoms with E-state index in [2.05, 4.69) is 48.9 Å². The van der Waals surface area contributed by atoms with E-state index >= 15 is 0 Å². The largest absolute Gasteiger partial charge is 0.368 e. The van der Waals surface area contributed by atoms with Crippen molar-refractivity contribution in [2.24, 2.45) is 0 Å². The van der Waals surface area contributed by atoms with Crippen LogP contribution in [0.2, 0.25) is 0 Å². The van der Waals surface area contributed by atoms with E-state index in [9.17, 15) is 4.79 Å². The Labute approximate surface area is 166 Å². The van der Waals surface area contributed by atoms with E-state index in [4.69, 9.17) is 0 Å². The molecule has 0 bridgehead atoms. The number of rotatable bonds is 4. The van der Waals surface area contributed by atoms with Crippen LogP contribution in [0.25, 0.3) is 0 Å². The molecular formula is C21H28N6O. The molecule has 1 aromatic heterocycles. The molecule has 1 atom stereocenters. The second kappa shape index (κ2) is 8.56. The van der Waals surface area contributed by atoms with Gasteiger partial charge in [0.2, 0.25) is 11.9 Å². The normalized spacial score (nSPS) is 19.5. The highest BCUT2D eigenvalue weighted by Crippen LogP contribution is 2.17. The van der Waals surface area contributed by atoms with Crippen LogP contribution in [0, 0.1) is 0 Å². The molecule has 7 nitrogen and oxygen atoms in total. The fraction of sp³-hybridized carbons (Fsp3) is 0.476. The molecule has 3 heterocycles. The van der Waals surface area contributed by atoms with Gasteiger partial charge in [-0.25, -0.2) is 9.97 Å². The summed E-state index contributed by atoms with van der Waals surface area (Å²) in [5.74, 6) is 1.02. The summed E-state index contributed by atoms with van der Waals surface area (Å²) in [5.41, 5.74) is 1.24. The summed E-state index contributed by atoms with van der Waals surface area (Å²) in [4.78, 5) is 30.5. The zero-order valence-corrected chi connectivity index (χ0v) is 16.4. The fourth-order valence-electron chi connectivity index (χ4n) is 4.01. The molecule has 2 saturated heterocycles. The third-order valence-corrected chi connectivity index (χ3v) is 5.77. The number of amides is 1. The van der Waals surface area contributed by atoms with Crippen molar-refractivity contribution in [2.45, 2.75) is 13.0 Å². The second-order valence-corrected chi connectivity index (χ2v) is 7.40. The Kier molecular flexibility index (Phi) is 5.71. The molecule has 2 fully saturated rings. The molecule has 0 spiro atoms. The summed E-state index contributed by atoms with van der Waals surface area (Å²) in [5, 5.41) is 0. The first-order chi connectivity index (χ1) is 13.7. The molecule has 28 heavy (non-hydrogen) atoms. The predicted octanol–water partition coefficient (Wildman–Crippen LogP) is 1.34. The number of carbonyl (C=O) groups excluding carboxylic acids is 1. The van der Waals surface area contributed by atoms with Crippen LogP contribution in [-0.4, -0.2) is 84.1 Å². The Bertz CT molecular complexity index is 755. The van der Waals surface area contributed by atoms with Crippen molar-refractivity contribution >= 4 is 17.5 Å². The van der Waals surface area contributed by atoms with E-state index in [0.29, 0.717) is 0 Å². The molecule has 0 N–H and O–H groups in total. The van der Waals surface area contributed by atoms with Crippen molar-refractivity contribution < 1.29 is 4.79 Å². The maximum atomic E-state index is 13.0. The number of hydrogen-bond acceptors (Lipinski definition) is 6. The summed E-state index contributed by atoms with van der Waals surface area (Å²) in [7, 11) is 0. The number of carbonyl (C=O) groups is 1. The fourth-order valence-corrected chi connectivity index (χ4v) is 4.01. The lowest BCUT2D eigenvalue weighted by Gasteiger charge is -2.41. The third-order valence-electron chi connectivity index (χ3n) is 5.77. The molecule has 1 aromatic carbocycles. The lowest BCUT2D eigenvalue weighted by Crippen LogP contribution is -2.57. The Morgan fingerprint density at radius 2 is 1.43 bits per heavy atom. The third kappa shape index (κ3) is 4.09. The number of piperazine rings is 2. The van der Waals surface area contributed by atoms with Gasteiger partial charge in [-0.2, -0.15) is 0 Å². The molecule has 7 heteroatoms. The number of para-hydroxylation sites is 1. The Morgan fingerprint density at radius 1 is 0.821 bits per heavy atom. The van der Waals surface area contributed by atoms with E-state index in [0.717, 1.165) is 58.3 Å². The zero-order chi connectivity index (χ0) is 19.3. The lowest BCUT2D eigenvalue weighted by molar-refractivity contribution is -0.136. The van der Waals surface area contributed by atoms with Gasteiger partial charge < -0.3 is 14.7 Å². The molecular weight excluding hydrogens is 352 g/mol. The van der Waals surface area contributed by atoms with Crippen molar-refractivity contribution in [1.29, 1.82) is 0 Å². The molecule has 2 aliphatic rings. The zero-order valence-electron chi connectivity index (χ0n) is 16.4. The van der Waals surface area contributed by atoms with Crippen LogP contribution in [-0.2, 0) is 4.79 Å². The van der Waals surface area contributed by atoms with Gasteiger partial charge in [0.25, 0.3) is 0 Å². The van der Waals surface area contributed by atoms with Crippen LogP contribution in [0.5, 0.6) is 0 Å². The van der Waals surface area contributed by atoms with Gasteiger partial charge in [0.1, 0.15) is 0 Å². The minimum absolute atomic E-state index is 0.0814. The number of anilines is 2. The SMILES string of the molecule is C[C@H](C(=O)N1CCN(c2ccccc2)CC1)N1CCN(c2ncccn2)CC1. The standard InChI is InChI=1S/C21H28N6O/c1-18(24-10-16-27(17-11-24)21-22-8-5-9-23-21)20(28)26-14-12-25(13-15-26)19-6-3-2-4-7-19/h2-9,18H,10-17H2,1H3/t18-/m1/s1. The van der Waals surface area contributed by atoms with Crippen LogP contribution in [0.3, 0.4) is 0 Å². The number of benzene rings is 1. The van der Waals surface area contributed by atoms with Crippen LogP contribution in [0.15, 0.2) is 48.8 Å². The minimum Gasteiger partial charge on any atom is -0.368 e. The first kappa shape index (κ1) is 18.7. The Morgan fingerprint density at radius 3 is 2.07 bits per heavy atom. The molecule has 2 aliphatic heterocycles. The summed E-state index contributed by atoms with van der Waals surface area (Å²) in [6, 6.07) is 12.2. The van der Waals surface area contributed by atoms with Crippen LogP contribution in [0.4, 0.5) is 11.6 Å². The van der Waals surface area contributed by atoms with Gasteiger partial charge >= 0.3 is 0 Å². The highest BCUT2D eigenvalue weighted by molar-refractivity contribution is 5.81. The second-order valence-electron chi connectivity index (χ2n) is 7.40. The van der Waals surface area contributed by atoms with Crippen LogP contribution >= 0.6 is 0 Å². The topological polar surface area (TPSA) is 55.8 Å². The quantitative estimate of drug-likeness (QED) is 0.798. The molecule has 1 amide bonds. The van der Waals surface area contributed by atoms with Crippen molar-refractivity contribution in [3.8, 4) is 0 Å². The van der Waals surface area contributed by atoms with E-state index in [1.165, 1.54) is 5.69 Å². The average Bonchev–Trinajstić information content (AvgIpc) is 2.79. The first-order valence-electron chi connectivity index (χ1n) is 10.1. The highest BCUT2D eigenvalue weighted by Gasteiger charge is 2.30. The molecule has 2 aromatic rings. The summed E-state index contributed by atoms with van der Waals surface area (Å²) in [6.07, 6.45) is 3.55. The molecule has 148 valence electrons. The van der Waals surface area contributed by atoms with Gasteiger partial charge in [-0.05, 0) is 25.1 Å². The average molecular weight is 380 g/mol. The Balaban J connectivity index is 1.27. The van der Waals surface area contributed by atoms with Crippen LogP contribution < -0.4 is 9.80 Å². The number of aromatic nitrogens is 2. The molecule has 4 rings (SSSR count). The summed E-state index contributed by atoms with van der Waals surface area (Å²) < 4.78 is 0. The van der Waals surface area contributed by atoms with E-state index in [1.54, 1.807) is 12.4 Å². The van der Waals surface area contributed by atoms with E-state index in [-0.39, 0.29) is 11.9 Å². The van der Waals surface area contributed by atoms with Gasteiger partial charge in [-0.15, -0.1) is 0 Å². The van der Waals surface area contributed by atoms with Gasteiger partial charge in [-0.3, -0.25) is 9.69 Å². The van der Waals surface area contributed by atoms with Crippen LogP contribution in [0.1, 0.15) is 6.92 Å². The van der Waals surface area contributed by atoms with Crippen molar-refractivity contribution in [3.05, 3.63) is 48.8 Å². The molecule has 0 unspecified atom stereocenters. The van der Waals surface area contributed by atoms with Gasteiger partial charge in [0.05, 0.1) is 6.04 Å². The predicted molar refractivity (Wildman–Crippen MR) is 111 cm³/mol. The molecule has 0 saturated carbocycles. The summed E-state index contributed by atoms with van der Waals surface area (Å²) >= 11 is 0. The highest BCUT2D eigenvalue weighted by atomic mass is 16.2. The monoisotopic (exact) mass is 380 g/mol. The molecule has 0 aliphatic carbocycles. The first-order valence-corrected chi connectivity index (χ1v) is 10.1. The summed E-state index contributed by atoms with van der Waals surface area (Å²) in [6.45, 7) is 8.81.